The molecule has 1 amide bonds. The number of amides is 1. The molecule has 1 heterocycles. The zero-order valence-corrected chi connectivity index (χ0v) is 20.8. The molecule has 0 bridgehead atoms. The first-order valence-corrected chi connectivity index (χ1v) is 14.0. The van der Waals surface area contributed by atoms with Crippen molar-refractivity contribution >= 4 is 37.1 Å². The number of fused-ring (bicyclic) bond motifs is 1. The lowest BCUT2D eigenvalue weighted by atomic mass is 10.1. The van der Waals surface area contributed by atoms with Crippen LogP contribution in [-0.4, -0.2) is 76.1 Å². The summed E-state index contributed by atoms with van der Waals surface area (Å²) in [7, 11) is -7.23. The van der Waals surface area contributed by atoms with Gasteiger partial charge < -0.3 is 21.1 Å². The molecule has 3 unspecified atom stereocenters. The van der Waals surface area contributed by atoms with Crippen molar-refractivity contribution in [2.75, 3.05) is 42.4 Å². The molecule has 0 spiro atoms. The quantitative estimate of drug-likeness (QED) is 0.354. The van der Waals surface area contributed by atoms with E-state index in [-0.39, 0.29) is 29.7 Å². The fraction of sp³-hybridized carbons (Fsp3) is 0.650. The number of carbonyl (C=O) groups is 1. The number of aliphatic hydroxyl groups is 1. The molecule has 182 valence electrons. The van der Waals surface area contributed by atoms with Crippen molar-refractivity contribution in [3.8, 4) is 0 Å². The number of sulfone groups is 1. The smallest absolute Gasteiger partial charge is 0.243 e. The molecule has 32 heavy (non-hydrogen) atoms. The number of nitrogens with zero attached hydrogens (tertiary/aromatic N) is 1. The highest BCUT2D eigenvalue weighted by atomic mass is 32.2. The predicted molar refractivity (Wildman–Crippen MR) is 125 cm³/mol. The Balaban J connectivity index is 2.14. The van der Waals surface area contributed by atoms with Gasteiger partial charge in [0.1, 0.15) is 9.84 Å². The Labute approximate surface area is 190 Å². The highest BCUT2D eigenvalue weighted by molar-refractivity contribution is 7.90. The van der Waals surface area contributed by atoms with E-state index in [4.69, 9.17) is 0 Å². The first-order chi connectivity index (χ1) is 14.7. The van der Waals surface area contributed by atoms with Gasteiger partial charge in [-0.25, -0.2) is 16.8 Å². The van der Waals surface area contributed by atoms with Crippen molar-refractivity contribution in [3.05, 3.63) is 18.2 Å². The van der Waals surface area contributed by atoms with Crippen LogP contribution in [0.5, 0.6) is 0 Å². The van der Waals surface area contributed by atoms with E-state index in [2.05, 4.69) is 16.0 Å². The topological polar surface area (TPSA) is 145 Å². The summed E-state index contributed by atoms with van der Waals surface area (Å²) < 4.78 is 50.7. The fourth-order valence-electron chi connectivity index (χ4n) is 3.41. The number of hydrogen-bond donors (Lipinski definition) is 4. The van der Waals surface area contributed by atoms with E-state index >= 15 is 0 Å². The minimum Gasteiger partial charge on any atom is -0.390 e. The van der Waals surface area contributed by atoms with Gasteiger partial charge in [-0.1, -0.05) is 20.8 Å². The van der Waals surface area contributed by atoms with Gasteiger partial charge in [0.2, 0.25) is 15.9 Å². The van der Waals surface area contributed by atoms with Crippen LogP contribution in [0.2, 0.25) is 0 Å². The van der Waals surface area contributed by atoms with Gasteiger partial charge in [-0.05, 0) is 31.0 Å². The van der Waals surface area contributed by atoms with Crippen molar-refractivity contribution in [2.45, 2.75) is 44.7 Å². The third kappa shape index (κ3) is 7.06. The first kappa shape index (κ1) is 26.4. The SMILES string of the molecule is CC(C)CN(CC(O)C(C)NC(=O)C(C)CS(C)(=O)=O)S(=O)(=O)c1ccc2c(c1)NCN2. The summed E-state index contributed by atoms with van der Waals surface area (Å²) in [6, 6.07) is 3.99. The summed E-state index contributed by atoms with van der Waals surface area (Å²) in [6.45, 7) is 7.28. The van der Waals surface area contributed by atoms with Gasteiger partial charge in [0.15, 0.2) is 0 Å². The van der Waals surface area contributed by atoms with Crippen LogP contribution in [0, 0.1) is 11.8 Å². The Morgan fingerprint density at radius 1 is 1.09 bits per heavy atom. The number of carbonyl (C=O) groups excluding carboxylic acids is 1. The van der Waals surface area contributed by atoms with Crippen molar-refractivity contribution < 1.29 is 26.7 Å². The van der Waals surface area contributed by atoms with Crippen molar-refractivity contribution in [1.29, 1.82) is 0 Å². The van der Waals surface area contributed by atoms with Crippen molar-refractivity contribution in [2.24, 2.45) is 11.8 Å². The number of rotatable bonds is 11. The van der Waals surface area contributed by atoms with E-state index in [9.17, 15) is 26.7 Å². The molecule has 0 aliphatic carbocycles. The molecule has 1 aromatic rings. The largest absolute Gasteiger partial charge is 0.390 e. The van der Waals surface area contributed by atoms with Gasteiger partial charge in [-0.2, -0.15) is 4.31 Å². The van der Waals surface area contributed by atoms with Crippen LogP contribution in [0.3, 0.4) is 0 Å². The lowest BCUT2D eigenvalue weighted by molar-refractivity contribution is -0.125. The Bertz CT molecular complexity index is 1030. The van der Waals surface area contributed by atoms with Gasteiger partial charge in [-0.3, -0.25) is 4.79 Å². The molecular weight excluding hydrogens is 456 g/mol. The molecule has 0 saturated heterocycles. The zero-order valence-electron chi connectivity index (χ0n) is 19.1. The molecule has 3 atom stereocenters. The van der Waals surface area contributed by atoms with Gasteiger partial charge in [0, 0.05) is 25.3 Å². The monoisotopic (exact) mass is 490 g/mol. The van der Waals surface area contributed by atoms with Crippen molar-refractivity contribution in [3.63, 3.8) is 0 Å². The van der Waals surface area contributed by atoms with Crippen LogP contribution >= 0.6 is 0 Å². The summed E-state index contributed by atoms with van der Waals surface area (Å²) in [5.74, 6) is -1.61. The number of sulfonamides is 1. The van der Waals surface area contributed by atoms with E-state index in [1.807, 2.05) is 13.8 Å². The van der Waals surface area contributed by atoms with Crippen LogP contribution in [0.15, 0.2) is 23.1 Å². The Morgan fingerprint density at radius 2 is 1.72 bits per heavy atom. The highest BCUT2D eigenvalue weighted by Gasteiger charge is 2.31. The number of nitrogens with one attached hydrogen (secondary N) is 3. The maximum Gasteiger partial charge on any atom is 0.243 e. The second kappa shape index (κ2) is 10.4. The van der Waals surface area contributed by atoms with E-state index < -0.39 is 43.8 Å². The molecule has 4 N–H and O–H groups in total. The fourth-order valence-corrected chi connectivity index (χ4v) is 6.11. The van der Waals surface area contributed by atoms with E-state index in [0.29, 0.717) is 12.4 Å². The van der Waals surface area contributed by atoms with Crippen LogP contribution in [0.4, 0.5) is 11.4 Å². The molecule has 12 heteroatoms. The molecule has 0 fully saturated rings. The van der Waals surface area contributed by atoms with Crippen LogP contribution in [-0.2, 0) is 24.7 Å². The van der Waals surface area contributed by atoms with Crippen LogP contribution < -0.4 is 16.0 Å². The Morgan fingerprint density at radius 3 is 2.31 bits per heavy atom. The standard InChI is InChI=1S/C20H34N4O6S2/c1-13(2)9-24(32(29,30)16-6-7-17-18(8-16)22-12-21-17)10-19(25)15(4)23-20(26)14(3)11-31(5,27)28/h6-8,13-15,19,21-22,25H,9-12H2,1-5H3,(H,23,26). The number of aliphatic hydroxyl groups excluding tert-OH is 1. The van der Waals surface area contributed by atoms with Gasteiger partial charge in [-0.15, -0.1) is 0 Å². The Hall–Kier alpha value is -1.89. The molecule has 1 aromatic carbocycles. The molecule has 1 aliphatic rings. The molecule has 0 aromatic heterocycles. The van der Waals surface area contributed by atoms with E-state index in [1.165, 1.54) is 17.3 Å². The summed E-state index contributed by atoms with van der Waals surface area (Å²) in [5.41, 5.74) is 1.51. The second-order valence-corrected chi connectivity index (χ2v) is 12.9. The normalized spacial score (nSPS) is 16.8. The van der Waals surface area contributed by atoms with Gasteiger partial charge in [0.25, 0.3) is 0 Å². The Kier molecular flexibility index (Phi) is 8.54. The van der Waals surface area contributed by atoms with Crippen LogP contribution in [0.25, 0.3) is 0 Å². The minimum absolute atomic E-state index is 0.00544. The zero-order chi connectivity index (χ0) is 24.3. The van der Waals surface area contributed by atoms with Crippen LogP contribution in [0.1, 0.15) is 27.7 Å². The highest BCUT2D eigenvalue weighted by Crippen LogP contribution is 2.30. The molecule has 10 nitrogen and oxygen atoms in total. The maximum absolute atomic E-state index is 13.3. The number of hydrogen-bond acceptors (Lipinski definition) is 8. The molecule has 1 aliphatic heterocycles. The third-order valence-corrected chi connectivity index (χ3v) is 8.03. The summed E-state index contributed by atoms with van der Waals surface area (Å²) in [5, 5.41) is 19.4. The summed E-state index contributed by atoms with van der Waals surface area (Å²) in [6.07, 6.45) is -0.138. The number of anilines is 2. The maximum atomic E-state index is 13.3. The third-order valence-electron chi connectivity index (χ3n) is 5.09. The van der Waals surface area contributed by atoms with E-state index in [0.717, 1.165) is 11.9 Å². The minimum atomic E-state index is -3.90. The molecular formula is C20H34N4O6S2. The van der Waals surface area contributed by atoms with Gasteiger partial charge >= 0.3 is 0 Å². The lowest BCUT2D eigenvalue weighted by Gasteiger charge is -2.29. The number of benzene rings is 1. The molecule has 0 saturated carbocycles. The lowest BCUT2D eigenvalue weighted by Crippen LogP contribution is -2.50. The average Bonchev–Trinajstić information content (AvgIpc) is 3.13. The average molecular weight is 491 g/mol. The van der Waals surface area contributed by atoms with Crippen molar-refractivity contribution in [1.82, 2.24) is 9.62 Å². The molecule has 2 rings (SSSR count). The first-order valence-electron chi connectivity index (χ1n) is 10.5. The second-order valence-electron chi connectivity index (χ2n) is 8.81. The molecule has 0 radical (unpaired) electrons. The van der Waals surface area contributed by atoms with Gasteiger partial charge in [0.05, 0.1) is 40.8 Å². The summed E-state index contributed by atoms with van der Waals surface area (Å²) in [4.78, 5) is 12.4. The van der Waals surface area contributed by atoms with E-state index in [1.54, 1.807) is 19.1 Å². The predicted octanol–water partition coefficient (Wildman–Crippen LogP) is 0.675. The summed E-state index contributed by atoms with van der Waals surface area (Å²) >= 11 is 0.